The van der Waals surface area contributed by atoms with Crippen LogP contribution in [0, 0.1) is 19.3 Å². The molecule has 24 heavy (non-hydrogen) atoms. The highest BCUT2D eigenvalue weighted by Crippen LogP contribution is 2.36. The second-order valence-electron chi connectivity index (χ2n) is 6.67. The van der Waals surface area contributed by atoms with Gasteiger partial charge in [0.1, 0.15) is 0 Å². The van der Waals surface area contributed by atoms with Crippen LogP contribution in [0.1, 0.15) is 65.1 Å². The normalized spacial score (nSPS) is 16.6. The van der Waals surface area contributed by atoms with E-state index in [2.05, 4.69) is 5.32 Å². The zero-order valence-corrected chi connectivity index (χ0v) is 15.1. The molecule has 0 unspecified atom stereocenters. The minimum absolute atomic E-state index is 0.0300. The Morgan fingerprint density at radius 3 is 2.38 bits per heavy atom. The highest BCUT2D eigenvalue weighted by molar-refractivity contribution is 7.12. The SMILES string of the molecule is Cc1cc(C(=O)CCC(=O)NCC2(C(=O)O)CCCCC2)c(C)s1. The lowest BCUT2D eigenvalue weighted by atomic mass is 9.74. The highest BCUT2D eigenvalue weighted by atomic mass is 32.1. The van der Waals surface area contributed by atoms with Gasteiger partial charge in [-0.2, -0.15) is 0 Å². The van der Waals surface area contributed by atoms with Crippen LogP contribution in [0.3, 0.4) is 0 Å². The molecule has 1 aromatic rings. The number of carboxylic acids is 1. The number of nitrogens with one attached hydrogen (secondary N) is 1. The number of aliphatic carboxylic acids is 1. The van der Waals surface area contributed by atoms with Crippen molar-refractivity contribution in [1.29, 1.82) is 0 Å². The number of carbonyl (C=O) groups is 3. The maximum Gasteiger partial charge on any atom is 0.311 e. The van der Waals surface area contributed by atoms with Crippen molar-refractivity contribution in [1.82, 2.24) is 5.32 Å². The molecule has 1 fully saturated rings. The van der Waals surface area contributed by atoms with Crippen LogP contribution in [0.4, 0.5) is 0 Å². The molecule has 2 N–H and O–H groups in total. The van der Waals surface area contributed by atoms with E-state index in [-0.39, 0.29) is 31.1 Å². The smallest absolute Gasteiger partial charge is 0.311 e. The van der Waals surface area contributed by atoms with Crippen LogP contribution < -0.4 is 5.32 Å². The molecule has 0 spiro atoms. The summed E-state index contributed by atoms with van der Waals surface area (Å²) in [6, 6.07) is 1.86. The molecule has 0 aromatic carbocycles. The van der Waals surface area contributed by atoms with Crippen molar-refractivity contribution >= 4 is 29.0 Å². The summed E-state index contributed by atoms with van der Waals surface area (Å²) in [5, 5.41) is 12.2. The van der Waals surface area contributed by atoms with Gasteiger partial charge in [-0.3, -0.25) is 14.4 Å². The molecule has 6 heteroatoms. The number of aryl methyl sites for hydroxylation is 2. The highest BCUT2D eigenvalue weighted by Gasteiger charge is 2.39. The lowest BCUT2D eigenvalue weighted by Crippen LogP contribution is -2.44. The first-order valence-corrected chi connectivity index (χ1v) is 9.26. The Labute approximate surface area is 146 Å². The summed E-state index contributed by atoms with van der Waals surface area (Å²) in [4.78, 5) is 37.9. The topological polar surface area (TPSA) is 83.5 Å². The summed E-state index contributed by atoms with van der Waals surface area (Å²) < 4.78 is 0. The van der Waals surface area contributed by atoms with Crippen LogP contribution >= 0.6 is 11.3 Å². The third-order valence-corrected chi connectivity index (χ3v) is 5.77. The van der Waals surface area contributed by atoms with Gasteiger partial charge in [0, 0.05) is 34.7 Å². The minimum Gasteiger partial charge on any atom is -0.481 e. The number of thiophene rings is 1. The third kappa shape index (κ3) is 4.44. The summed E-state index contributed by atoms with van der Waals surface area (Å²) in [6.07, 6.45) is 4.29. The van der Waals surface area contributed by atoms with Crippen LogP contribution in [0.5, 0.6) is 0 Å². The average Bonchev–Trinajstić information content (AvgIpc) is 2.90. The zero-order valence-electron chi connectivity index (χ0n) is 14.3. The van der Waals surface area contributed by atoms with E-state index in [0.29, 0.717) is 18.4 Å². The van der Waals surface area contributed by atoms with Gasteiger partial charge in [0.25, 0.3) is 0 Å². The van der Waals surface area contributed by atoms with E-state index >= 15 is 0 Å². The number of rotatable bonds is 7. The number of hydrogen-bond acceptors (Lipinski definition) is 4. The number of amides is 1. The molecule has 0 bridgehead atoms. The van der Waals surface area contributed by atoms with Gasteiger partial charge >= 0.3 is 5.97 Å². The van der Waals surface area contributed by atoms with Crippen LogP contribution in [0.25, 0.3) is 0 Å². The fourth-order valence-corrected chi connectivity index (χ4v) is 4.26. The van der Waals surface area contributed by atoms with Gasteiger partial charge in [-0.05, 0) is 32.8 Å². The lowest BCUT2D eigenvalue weighted by Gasteiger charge is -2.33. The molecule has 0 aliphatic heterocycles. The van der Waals surface area contributed by atoms with Gasteiger partial charge in [-0.25, -0.2) is 0 Å². The number of hydrogen-bond donors (Lipinski definition) is 2. The third-order valence-electron chi connectivity index (χ3n) is 4.81. The molecule has 2 rings (SSSR count). The molecule has 0 radical (unpaired) electrons. The van der Waals surface area contributed by atoms with Crippen molar-refractivity contribution in [3.8, 4) is 0 Å². The van der Waals surface area contributed by atoms with Crippen molar-refractivity contribution in [3.05, 3.63) is 21.4 Å². The first kappa shape index (κ1) is 18.6. The van der Waals surface area contributed by atoms with Gasteiger partial charge in [0.05, 0.1) is 5.41 Å². The largest absolute Gasteiger partial charge is 0.481 e. The molecule has 1 aliphatic rings. The lowest BCUT2D eigenvalue weighted by molar-refractivity contribution is -0.151. The average molecular weight is 351 g/mol. The van der Waals surface area contributed by atoms with E-state index in [0.717, 1.165) is 29.0 Å². The molecule has 1 aromatic heterocycles. The van der Waals surface area contributed by atoms with E-state index in [1.54, 1.807) is 11.3 Å². The second kappa shape index (κ2) is 7.92. The van der Waals surface area contributed by atoms with E-state index in [4.69, 9.17) is 0 Å². The van der Waals surface area contributed by atoms with Gasteiger partial charge in [-0.15, -0.1) is 11.3 Å². The number of ketones is 1. The molecule has 1 heterocycles. The number of carbonyl (C=O) groups excluding carboxylic acids is 2. The summed E-state index contributed by atoms with van der Waals surface area (Å²) >= 11 is 1.58. The zero-order chi connectivity index (χ0) is 17.7. The Morgan fingerprint density at radius 1 is 1.17 bits per heavy atom. The number of Topliss-reactive ketones (excluding diaryl/α,β-unsaturated/α-hetero) is 1. The maximum absolute atomic E-state index is 12.2. The maximum atomic E-state index is 12.2. The van der Waals surface area contributed by atoms with Crippen LogP contribution in [0.2, 0.25) is 0 Å². The Bertz CT molecular complexity index is 629. The molecular formula is C18H25NO4S. The molecule has 1 saturated carbocycles. The Hall–Kier alpha value is -1.69. The van der Waals surface area contributed by atoms with E-state index in [9.17, 15) is 19.5 Å². The van der Waals surface area contributed by atoms with Gasteiger partial charge in [0.2, 0.25) is 5.91 Å². The molecule has 0 saturated heterocycles. The molecule has 132 valence electrons. The van der Waals surface area contributed by atoms with Crippen LogP contribution in [-0.4, -0.2) is 29.3 Å². The standard InChI is InChI=1S/C18H25NO4S/c1-12-10-14(13(2)24-12)15(20)6-7-16(21)19-11-18(17(22)23)8-4-3-5-9-18/h10H,3-9,11H2,1-2H3,(H,19,21)(H,22,23). The predicted molar refractivity (Wildman–Crippen MR) is 93.5 cm³/mol. The van der Waals surface area contributed by atoms with E-state index in [1.807, 2.05) is 19.9 Å². The first-order valence-electron chi connectivity index (χ1n) is 8.44. The molecule has 5 nitrogen and oxygen atoms in total. The summed E-state index contributed by atoms with van der Waals surface area (Å²) in [5.41, 5.74) is -0.140. The molecule has 0 atom stereocenters. The molecule has 1 aliphatic carbocycles. The van der Waals surface area contributed by atoms with Gasteiger partial charge < -0.3 is 10.4 Å². The number of carboxylic acid groups (broad SMARTS) is 1. The quantitative estimate of drug-likeness (QED) is 0.737. The van der Waals surface area contributed by atoms with E-state index in [1.165, 1.54) is 0 Å². The van der Waals surface area contributed by atoms with Crippen molar-refractivity contribution < 1.29 is 19.5 Å². The Balaban J connectivity index is 1.83. The van der Waals surface area contributed by atoms with Gasteiger partial charge in [-0.1, -0.05) is 19.3 Å². The fourth-order valence-electron chi connectivity index (χ4n) is 3.32. The minimum atomic E-state index is -0.834. The summed E-state index contributed by atoms with van der Waals surface area (Å²) in [7, 11) is 0. The molecular weight excluding hydrogens is 326 g/mol. The van der Waals surface area contributed by atoms with Crippen molar-refractivity contribution in [2.75, 3.05) is 6.54 Å². The van der Waals surface area contributed by atoms with Gasteiger partial charge in [0.15, 0.2) is 5.78 Å². The van der Waals surface area contributed by atoms with Crippen molar-refractivity contribution in [2.45, 2.75) is 58.8 Å². The monoisotopic (exact) mass is 351 g/mol. The fraction of sp³-hybridized carbons (Fsp3) is 0.611. The predicted octanol–water partition coefficient (Wildman–Crippen LogP) is 3.48. The Kier molecular flexibility index (Phi) is 6.15. The summed E-state index contributed by atoms with van der Waals surface area (Å²) in [6.45, 7) is 4.02. The Morgan fingerprint density at radius 2 is 1.83 bits per heavy atom. The van der Waals surface area contributed by atoms with Crippen LogP contribution in [-0.2, 0) is 9.59 Å². The van der Waals surface area contributed by atoms with Crippen molar-refractivity contribution in [2.24, 2.45) is 5.41 Å². The summed E-state index contributed by atoms with van der Waals surface area (Å²) in [5.74, 6) is -1.11. The van der Waals surface area contributed by atoms with E-state index < -0.39 is 11.4 Å². The first-order chi connectivity index (χ1) is 11.3. The molecule has 1 amide bonds. The van der Waals surface area contributed by atoms with Crippen molar-refractivity contribution in [3.63, 3.8) is 0 Å². The van der Waals surface area contributed by atoms with Crippen LogP contribution in [0.15, 0.2) is 6.07 Å². The second-order valence-corrected chi connectivity index (χ2v) is 8.13.